The number of nitrogens with zero attached hydrogens (tertiary/aromatic N) is 6. The second kappa shape index (κ2) is 12.2. The van der Waals surface area contributed by atoms with Crippen LogP contribution in [0.25, 0.3) is 0 Å². The van der Waals surface area contributed by atoms with Gasteiger partial charge in [0, 0.05) is 36.5 Å². The molecule has 4 aromatic rings. The number of hydrogen-bond donors (Lipinski definition) is 3. The van der Waals surface area contributed by atoms with E-state index in [0.29, 0.717) is 17.8 Å². The molecule has 1 aromatic heterocycles. The number of benzene rings is 3. The summed E-state index contributed by atoms with van der Waals surface area (Å²) in [5.74, 6) is 1.55. The van der Waals surface area contributed by atoms with E-state index in [1.165, 1.54) is 30.0 Å². The van der Waals surface area contributed by atoms with E-state index in [0.717, 1.165) is 43.6 Å². The van der Waals surface area contributed by atoms with Crippen LogP contribution in [-0.2, 0) is 6.42 Å². The van der Waals surface area contributed by atoms with E-state index in [4.69, 9.17) is 0 Å². The summed E-state index contributed by atoms with van der Waals surface area (Å²) < 4.78 is 0. The van der Waals surface area contributed by atoms with Crippen molar-refractivity contribution in [3.63, 3.8) is 0 Å². The molecule has 0 saturated carbocycles. The van der Waals surface area contributed by atoms with E-state index in [9.17, 15) is 15.2 Å². The summed E-state index contributed by atoms with van der Waals surface area (Å²) in [6.45, 7) is 3.65. The highest BCUT2D eigenvalue weighted by molar-refractivity contribution is 5.84. The lowest BCUT2D eigenvalue weighted by Gasteiger charge is -2.32. The van der Waals surface area contributed by atoms with E-state index in [1.54, 1.807) is 0 Å². The molecular weight excluding hydrogens is 508 g/mol. The molecule has 3 aromatic carbocycles. The highest BCUT2D eigenvalue weighted by Gasteiger charge is 2.22. The maximum atomic E-state index is 11.1. The number of phenolic OH excluding ortho intramolecular Hbond substituents is 1. The molecule has 0 atom stereocenters. The first kappa shape index (κ1) is 26.5. The van der Waals surface area contributed by atoms with Crippen LogP contribution in [0.15, 0.2) is 77.9 Å². The van der Waals surface area contributed by atoms with Gasteiger partial charge in [0.25, 0.3) is 5.69 Å². The lowest BCUT2D eigenvalue weighted by atomic mass is 9.90. The third kappa shape index (κ3) is 6.87. The molecule has 11 nitrogen and oxygen atoms in total. The third-order valence-corrected chi connectivity index (χ3v) is 6.79. The normalized spacial score (nSPS) is 13.9. The summed E-state index contributed by atoms with van der Waals surface area (Å²) in [6.07, 6.45) is 4.38. The molecule has 204 valence electrons. The van der Waals surface area contributed by atoms with Crippen molar-refractivity contribution in [3.05, 3.63) is 99.6 Å². The van der Waals surface area contributed by atoms with Crippen molar-refractivity contribution in [1.82, 2.24) is 15.0 Å². The number of aromatic nitrogens is 3. The minimum atomic E-state index is -0.533. The van der Waals surface area contributed by atoms with Gasteiger partial charge in [-0.3, -0.25) is 10.1 Å². The average Bonchev–Trinajstić information content (AvgIpc) is 2.96. The lowest BCUT2D eigenvalue weighted by Crippen LogP contribution is -2.35. The van der Waals surface area contributed by atoms with Crippen molar-refractivity contribution in [3.8, 4) is 5.75 Å². The molecular formula is C29H30N8O3. The Labute approximate surface area is 231 Å². The SMILES string of the molecule is Cc1ccc(Nc2nc(N/N=C/c3cc([N+](=O)[O-])ccc3O)nc(N3CCC(Cc4ccccc4)CC3)n2)cc1. The molecule has 0 bridgehead atoms. The zero-order valence-electron chi connectivity index (χ0n) is 22.1. The number of aromatic hydroxyl groups is 1. The van der Waals surface area contributed by atoms with Crippen LogP contribution < -0.4 is 15.6 Å². The maximum absolute atomic E-state index is 11.1. The van der Waals surface area contributed by atoms with Crippen molar-refractivity contribution < 1.29 is 10.0 Å². The zero-order chi connectivity index (χ0) is 27.9. The quantitative estimate of drug-likeness (QED) is 0.144. The summed E-state index contributed by atoms with van der Waals surface area (Å²) in [5.41, 5.74) is 6.15. The monoisotopic (exact) mass is 538 g/mol. The molecule has 0 spiro atoms. The Kier molecular flexibility index (Phi) is 8.10. The first-order valence-corrected chi connectivity index (χ1v) is 13.1. The van der Waals surface area contributed by atoms with Crippen LogP contribution in [0.3, 0.4) is 0 Å². The van der Waals surface area contributed by atoms with Crippen molar-refractivity contribution in [2.75, 3.05) is 28.7 Å². The summed E-state index contributed by atoms with van der Waals surface area (Å²) in [7, 11) is 0. The second-order valence-corrected chi connectivity index (χ2v) is 9.76. The molecule has 5 rings (SSSR count). The first-order chi connectivity index (χ1) is 19.4. The van der Waals surface area contributed by atoms with Gasteiger partial charge in [-0.05, 0) is 55.9 Å². The fourth-order valence-electron chi connectivity index (χ4n) is 4.58. The highest BCUT2D eigenvalue weighted by Crippen LogP contribution is 2.26. The molecule has 2 heterocycles. The molecule has 0 aliphatic carbocycles. The first-order valence-electron chi connectivity index (χ1n) is 13.1. The Bertz CT molecular complexity index is 1490. The number of anilines is 4. The molecule has 0 amide bonds. The summed E-state index contributed by atoms with van der Waals surface area (Å²) in [6, 6.07) is 22.2. The molecule has 0 unspecified atom stereocenters. The fraction of sp³-hybridized carbons (Fsp3) is 0.241. The second-order valence-electron chi connectivity index (χ2n) is 9.76. The molecule has 0 radical (unpaired) electrons. The molecule has 1 aliphatic rings. The molecule has 1 aliphatic heterocycles. The van der Waals surface area contributed by atoms with Gasteiger partial charge in [-0.1, -0.05) is 48.0 Å². The Hall–Kier alpha value is -5.06. The van der Waals surface area contributed by atoms with Crippen LogP contribution in [0.2, 0.25) is 0 Å². The predicted molar refractivity (Wildman–Crippen MR) is 155 cm³/mol. The van der Waals surface area contributed by atoms with Gasteiger partial charge in [-0.15, -0.1) is 0 Å². The van der Waals surface area contributed by atoms with Crippen LogP contribution >= 0.6 is 0 Å². The molecule has 1 fully saturated rings. The van der Waals surface area contributed by atoms with Gasteiger partial charge in [0.15, 0.2) is 0 Å². The average molecular weight is 539 g/mol. The third-order valence-electron chi connectivity index (χ3n) is 6.79. The summed E-state index contributed by atoms with van der Waals surface area (Å²) >= 11 is 0. The highest BCUT2D eigenvalue weighted by atomic mass is 16.6. The van der Waals surface area contributed by atoms with Gasteiger partial charge in [-0.2, -0.15) is 20.1 Å². The largest absolute Gasteiger partial charge is 0.507 e. The van der Waals surface area contributed by atoms with Gasteiger partial charge in [-0.25, -0.2) is 5.43 Å². The smallest absolute Gasteiger partial charge is 0.270 e. The van der Waals surface area contributed by atoms with Crippen LogP contribution in [0.1, 0.15) is 29.5 Å². The molecule has 11 heteroatoms. The van der Waals surface area contributed by atoms with Crippen molar-refractivity contribution >= 4 is 35.4 Å². The Morgan fingerprint density at radius 1 is 1.02 bits per heavy atom. The summed E-state index contributed by atoms with van der Waals surface area (Å²) in [5, 5.41) is 28.5. The number of aryl methyl sites for hydroxylation is 1. The Balaban J connectivity index is 1.33. The maximum Gasteiger partial charge on any atom is 0.270 e. The number of phenols is 1. The number of piperidine rings is 1. The minimum absolute atomic E-state index is 0.132. The number of nitro benzene ring substituents is 1. The van der Waals surface area contributed by atoms with Crippen LogP contribution in [-0.4, -0.2) is 44.3 Å². The van der Waals surface area contributed by atoms with Gasteiger partial charge in [0.05, 0.1) is 11.1 Å². The van der Waals surface area contributed by atoms with Crippen molar-refractivity contribution in [2.24, 2.45) is 11.0 Å². The predicted octanol–water partition coefficient (Wildman–Crippen LogP) is 5.44. The zero-order valence-corrected chi connectivity index (χ0v) is 22.1. The van der Waals surface area contributed by atoms with E-state index in [-0.39, 0.29) is 22.9 Å². The van der Waals surface area contributed by atoms with Crippen molar-refractivity contribution in [2.45, 2.75) is 26.2 Å². The number of nitro groups is 1. The standard InChI is InChI=1S/C29H30N8O3/c1-20-7-9-24(10-8-20)31-27-32-28(35-30-19-23-18-25(37(39)40)11-12-26(23)38)34-29(33-27)36-15-13-22(14-16-36)17-21-5-3-2-4-6-21/h2-12,18-19,22,38H,13-17H2,1H3,(H2,31,32,33,34,35)/b30-19+. The van der Waals surface area contributed by atoms with Crippen LogP contribution in [0, 0.1) is 23.0 Å². The van der Waals surface area contributed by atoms with Gasteiger partial charge in [0.1, 0.15) is 5.75 Å². The number of hydrogen-bond acceptors (Lipinski definition) is 10. The van der Waals surface area contributed by atoms with Gasteiger partial charge in [0.2, 0.25) is 17.8 Å². The van der Waals surface area contributed by atoms with E-state index in [1.807, 2.05) is 37.3 Å². The van der Waals surface area contributed by atoms with Crippen molar-refractivity contribution in [1.29, 1.82) is 0 Å². The topological polar surface area (TPSA) is 142 Å². The molecule has 40 heavy (non-hydrogen) atoms. The van der Waals surface area contributed by atoms with Gasteiger partial charge < -0.3 is 15.3 Å². The number of rotatable bonds is 9. The summed E-state index contributed by atoms with van der Waals surface area (Å²) in [4.78, 5) is 26.4. The lowest BCUT2D eigenvalue weighted by molar-refractivity contribution is -0.384. The fourth-order valence-corrected chi connectivity index (χ4v) is 4.58. The molecule has 1 saturated heterocycles. The number of hydrazone groups is 1. The van der Waals surface area contributed by atoms with E-state index in [2.05, 4.69) is 60.0 Å². The molecule has 3 N–H and O–H groups in total. The van der Waals surface area contributed by atoms with Gasteiger partial charge >= 0.3 is 0 Å². The number of nitrogens with one attached hydrogen (secondary N) is 2. The minimum Gasteiger partial charge on any atom is -0.507 e. The van der Waals surface area contributed by atoms with E-state index >= 15 is 0 Å². The number of non-ortho nitro benzene ring substituents is 1. The van der Waals surface area contributed by atoms with E-state index < -0.39 is 4.92 Å². The van der Waals surface area contributed by atoms with Crippen LogP contribution in [0.4, 0.5) is 29.2 Å². The Morgan fingerprint density at radius 2 is 1.75 bits per heavy atom. The Morgan fingerprint density at radius 3 is 2.48 bits per heavy atom. The van der Waals surface area contributed by atoms with Crippen LogP contribution in [0.5, 0.6) is 5.75 Å².